The summed E-state index contributed by atoms with van der Waals surface area (Å²) in [6, 6.07) is 7.42. The molecule has 0 N–H and O–H groups in total. The first-order chi connectivity index (χ1) is 8.60. The Bertz CT molecular complexity index is 480. The largest absolute Gasteiger partial charge is 0.496 e. The molecule has 1 saturated heterocycles. The van der Waals surface area contributed by atoms with Crippen LogP contribution in [0.3, 0.4) is 0 Å². The third-order valence-corrected chi connectivity index (χ3v) is 3.51. The summed E-state index contributed by atoms with van der Waals surface area (Å²) in [6.45, 7) is 1.76. The van der Waals surface area contributed by atoms with Crippen molar-refractivity contribution in [3.63, 3.8) is 0 Å². The molecule has 18 heavy (non-hydrogen) atoms. The number of ether oxygens (including phenoxy) is 2. The van der Waals surface area contributed by atoms with Crippen LogP contribution in [-0.2, 0) is 20.7 Å². The highest BCUT2D eigenvalue weighted by Gasteiger charge is 2.49. The van der Waals surface area contributed by atoms with E-state index in [4.69, 9.17) is 9.47 Å². The van der Waals surface area contributed by atoms with Gasteiger partial charge in [0.1, 0.15) is 16.9 Å². The van der Waals surface area contributed by atoms with Gasteiger partial charge in [-0.25, -0.2) is 0 Å². The van der Waals surface area contributed by atoms with E-state index in [0.29, 0.717) is 25.2 Å². The van der Waals surface area contributed by atoms with Crippen LogP contribution in [0.5, 0.6) is 5.75 Å². The minimum absolute atomic E-state index is 0.143. The van der Waals surface area contributed by atoms with Crippen LogP contribution in [0.2, 0.25) is 0 Å². The average molecular weight is 248 g/mol. The first-order valence-corrected chi connectivity index (χ1v) is 5.90. The van der Waals surface area contributed by atoms with Gasteiger partial charge in [-0.3, -0.25) is 9.59 Å². The normalized spacial score (nSPS) is 22.7. The highest BCUT2D eigenvalue weighted by Crippen LogP contribution is 2.37. The summed E-state index contributed by atoms with van der Waals surface area (Å²) in [5, 5.41) is 0. The van der Waals surface area contributed by atoms with Crippen molar-refractivity contribution in [1.29, 1.82) is 0 Å². The monoisotopic (exact) mass is 248 g/mol. The maximum Gasteiger partial charge on any atom is 0.320 e. The second kappa shape index (κ2) is 4.80. The van der Waals surface area contributed by atoms with E-state index in [9.17, 15) is 9.59 Å². The van der Waals surface area contributed by atoms with Gasteiger partial charge >= 0.3 is 5.97 Å². The minimum Gasteiger partial charge on any atom is -0.496 e. The molecule has 0 saturated carbocycles. The molecule has 1 heterocycles. The zero-order chi connectivity index (χ0) is 13.2. The van der Waals surface area contributed by atoms with E-state index in [1.165, 1.54) is 6.92 Å². The van der Waals surface area contributed by atoms with Crippen molar-refractivity contribution in [3.05, 3.63) is 29.8 Å². The van der Waals surface area contributed by atoms with Crippen LogP contribution >= 0.6 is 0 Å². The van der Waals surface area contributed by atoms with Gasteiger partial charge in [-0.1, -0.05) is 18.2 Å². The molecule has 0 aliphatic carbocycles. The van der Waals surface area contributed by atoms with Crippen LogP contribution in [-0.4, -0.2) is 25.5 Å². The molecular formula is C14H16O4. The number of ketones is 1. The molecule has 0 amide bonds. The fourth-order valence-electron chi connectivity index (χ4n) is 2.34. The maximum absolute atomic E-state index is 11.9. The van der Waals surface area contributed by atoms with Crippen LogP contribution in [0.25, 0.3) is 0 Å². The predicted octanol–water partition coefficient (Wildman–Crippen LogP) is 1.76. The molecule has 1 aliphatic heterocycles. The Balaban J connectivity index is 2.36. The lowest BCUT2D eigenvalue weighted by molar-refractivity contribution is -0.150. The molecule has 1 atom stereocenters. The van der Waals surface area contributed by atoms with E-state index < -0.39 is 11.4 Å². The molecule has 4 heteroatoms. The number of para-hydroxylation sites is 1. The molecule has 1 fully saturated rings. The Morgan fingerprint density at radius 3 is 2.72 bits per heavy atom. The summed E-state index contributed by atoms with van der Waals surface area (Å²) in [4.78, 5) is 23.7. The molecule has 0 radical (unpaired) electrons. The number of hydrogen-bond donors (Lipinski definition) is 0. The first kappa shape index (κ1) is 12.6. The second-order valence-electron chi connectivity index (χ2n) is 4.51. The van der Waals surface area contributed by atoms with E-state index in [-0.39, 0.29) is 5.78 Å². The van der Waals surface area contributed by atoms with Gasteiger partial charge in [0.15, 0.2) is 0 Å². The number of rotatable bonds is 4. The van der Waals surface area contributed by atoms with Crippen molar-refractivity contribution >= 4 is 11.8 Å². The fraction of sp³-hybridized carbons (Fsp3) is 0.429. The van der Waals surface area contributed by atoms with Crippen molar-refractivity contribution in [1.82, 2.24) is 0 Å². The minimum atomic E-state index is -1.03. The number of cyclic esters (lactones) is 1. The molecule has 1 aromatic carbocycles. The summed E-state index contributed by atoms with van der Waals surface area (Å²) in [5.41, 5.74) is -0.177. The van der Waals surface area contributed by atoms with Crippen LogP contribution < -0.4 is 4.74 Å². The second-order valence-corrected chi connectivity index (χ2v) is 4.51. The fourth-order valence-corrected chi connectivity index (χ4v) is 2.34. The van der Waals surface area contributed by atoms with Crippen molar-refractivity contribution < 1.29 is 19.1 Å². The number of hydrogen-bond acceptors (Lipinski definition) is 4. The molecule has 2 rings (SSSR count). The summed E-state index contributed by atoms with van der Waals surface area (Å²) in [6.07, 6.45) is 0.782. The van der Waals surface area contributed by atoms with Crippen molar-refractivity contribution in [3.8, 4) is 5.75 Å². The summed E-state index contributed by atoms with van der Waals surface area (Å²) in [7, 11) is 1.58. The third kappa shape index (κ3) is 1.98. The van der Waals surface area contributed by atoms with Crippen LogP contribution in [0, 0.1) is 5.41 Å². The highest BCUT2D eigenvalue weighted by atomic mass is 16.5. The molecule has 1 unspecified atom stereocenters. The molecule has 4 nitrogen and oxygen atoms in total. The molecule has 0 aromatic heterocycles. The molecule has 0 spiro atoms. The SMILES string of the molecule is COc1ccccc1CC1(C(C)=O)CCOC1=O. The summed E-state index contributed by atoms with van der Waals surface area (Å²) < 4.78 is 10.2. The lowest BCUT2D eigenvalue weighted by Crippen LogP contribution is -2.36. The van der Waals surface area contributed by atoms with Gasteiger partial charge in [-0.05, 0) is 25.0 Å². The van der Waals surface area contributed by atoms with E-state index in [0.717, 1.165) is 5.56 Å². The van der Waals surface area contributed by atoms with E-state index >= 15 is 0 Å². The van der Waals surface area contributed by atoms with E-state index in [1.54, 1.807) is 7.11 Å². The Morgan fingerprint density at radius 1 is 1.44 bits per heavy atom. The average Bonchev–Trinajstić information content (AvgIpc) is 2.73. The first-order valence-electron chi connectivity index (χ1n) is 5.90. The summed E-state index contributed by atoms with van der Waals surface area (Å²) >= 11 is 0. The topological polar surface area (TPSA) is 52.6 Å². The number of esters is 1. The Morgan fingerprint density at radius 2 is 2.17 bits per heavy atom. The van der Waals surface area contributed by atoms with Gasteiger partial charge in [-0.2, -0.15) is 0 Å². The lowest BCUT2D eigenvalue weighted by Gasteiger charge is -2.22. The van der Waals surface area contributed by atoms with Crippen molar-refractivity contribution in [2.24, 2.45) is 5.41 Å². The predicted molar refractivity (Wildman–Crippen MR) is 65.4 cm³/mol. The summed E-state index contributed by atoms with van der Waals surface area (Å²) in [5.74, 6) is 0.134. The maximum atomic E-state index is 11.9. The lowest BCUT2D eigenvalue weighted by atomic mass is 9.77. The van der Waals surface area contributed by atoms with Gasteiger partial charge in [0.05, 0.1) is 13.7 Å². The van der Waals surface area contributed by atoms with Gasteiger partial charge in [-0.15, -0.1) is 0 Å². The Hall–Kier alpha value is -1.84. The van der Waals surface area contributed by atoms with E-state index in [1.807, 2.05) is 24.3 Å². The number of benzene rings is 1. The van der Waals surface area contributed by atoms with Crippen LogP contribution in [0.4, 0.5) is 0 Å². The molecular weight excluding hydrogens is 232 g/mol. The van der Waals surface area contributed by atoms with E-state index in [2.05, 4.69) is 0 Å². The standard InChI is InChI=1S/C14H16O4/c1-10(15)14(7-8-18-13(14)16)9-11-5-3-4-6-12(11)17-2/h3-6H,7-9H2,1-2H3. The molecule has 1 aliphatic rings. The van der Waals surface area contributed by atoms with Gasteiger partial charge in [0.25, 0.3) is 0 Å². The third-order valence-electron chi connectivity index (χ3n) is 3.51. The molecule has 0 bridgehead atoms. The zero-order valence-corrected chi connectivity index (χ0v) is 10.6. The Kier molecular flexibility index (Phi) is 3.36. The van der Waals surface area contributed by atoms with Gasteiger partial charge in [0.2, 0.25) is 0 Å². The number of carbonyl (C=O) groups is 2. The smallest absolute Gasteiger partial charge is 0.320 e. The molecule has 96 valence electrons. The van der Waals surface area contributed by atoms with Gasteiger partial charge < -0.3 is 9.47 Å². The quantitative estimate of drug-likeness (QED) is 0.602. The van der Waals surface area contributed by atoms with Crippen LogP contribution in [0.15, 0.2) is 24.3 Å². The molecule has 1 aromatic rings. The number of Topliss-reactive ketones (excluding diaryl/α,β-unsaturated/α-hetero) is 1. The number of carbonyl (C=O) groups excluding carboxylic acids is 2. The number of methoxy groups -OCH3 is 1. The van der Waals surface area contributed by atoms with Crippen molar-refractivity contribution in [2.75, 3.05) is 13.7 Å². The van der Waals surface area contributed by atoms with Crippen molar-refractivity contribution in [2.45, 2.75) is 19.8 Å². The Labute approximate surface area is 106 Å². The van der Waals surface area contributed by atoms with Crippen LogP contribution in [0.1, 0.15) is 18.9 Å². The van der Waals surface area contributed by atoms with Gasteiger partial charge in [0, 0.05) is 6.42 Å². The highest BCUT2D eigenvalue weighted by molar-refractivity contribution is 6.04. The zero-order valence-electron chi connectivity index (χ0n) is 10.6.